The lowest BCUT2D eigenvalue weighted by atomic mass is 10.1. The van der Waals surface area contributed by atoms with Gasteiger partial charge in [0.1, 0.15) is 5.76 Å². The average molecular weight is 272 g/mol. The Bertz CT molecular complexity index is 590. The Morgan fingerprint density at radius 2 is 2.00 bits per heavy atom. The van der Waals surface area contributed by atoms with Crippen molar-refractivity contribution in [3.8, 4) is 0 Å². The Labute approximate surface area is 119 Å². The number of nitrogens with two attached hydrogens (primary N) is 1. The third-order valence-electron chi connectivity index (χ3n) is 3.22. The number of para-hydroxylation sites is 2. The quantitative estimate of drug-likeness (QED) is 0.848. The fourth-order valence-electron chi connectivity index (χ4n) is 2.24. The summed E-state index contributed by atoms with van der Waals surface area (Å²) in [4.78, 5) is 14.5. The van der Waals surface area contributed by atoms with Crippen molar-refractivity contribution >= 4 is 17.3 Å². The van der Waals surface area contributed by atoms with Crippen molar-refractivity contribution in [2.24, 2.45) is 0 Å². The Morgan fingerprint density at radius 3 is 2.65 bits per heavy atom. The molecule has 4 nitrogen and oxygen atoms in total. The summed E-state index contributed by atoms with van der Waals surface area (Å²) in [5, 5.41) is 0. The molecule has 0 fully saturated rings. The Hall–Kier alpha value is -2.23. The number of aryl methyl sites for hydroxylation is 1. The molecular formula is C16H20N2O2. The fourth-order valence-corrected chi connectivity index (χ4v) is 2.24. The summed E-state index contributed by atoms with van der Waals surface area (Å²) in [7, 11) is 0. The first-order valence-corrected chi connectivity index (χ1v) is 6.91. The molecule has 0 aliphatic rings. The second kappa shape index (κ2) is 6.28. The van der Waals surface area contributed by atoms with Crippen LogP contribution in [0.25, 0.3) is 0 Å². The van der Waals surface area contributed by atoms with Crippen LogP contribution < -0.4 is 10.6 Å². The van der Waals surface area contributed by atoms with Gasteiger partial charge in [0.25, 0.3) is 5.91 Å². The molecule has 4 heteroatoms. The zero-order valence-electron chi connectivity index (χ0n) is 11.9. The molecule has 0 saturated heterocycles. The highest BCUT2D eigenvalue weighted by Crippen LogP contribution is 2.25. The highest BCUT2D eigenvalue weighted by Gasteiger charge is 2.22. The van der Waals surface area contributed by atoms with Gasteiger partial charge in [0.05, 0.1) is 23.2 Å². The van der Waals surface area contributed by atoms with Crippen LogP contribution in [0.1, 0.15) is 36.4 Å². The van der Waals surface area contributed by atoms with Crippen molar-refractivity contribution in [1.82, 2.24) is 0 Å². The number of carbonyl (C=O) groups excluding carboxylic acids is 1. The first-order valence-electron chi connectivity index (χ1n) is 6.91. The SMILES string of the molecule is CCCN(C(=O)c1ccoc1CC)c1ccccc1N. The Balaban J connectivity index is 2.39. The summed E-state index contributed by atoms with van der Waals surface area (Å²) < 4.78 is 5.35. The third kappa shape index (κ3) is 2.69. The lowest BCUT2D eigenvalue weighted by Gasteiger charge is -2.23. The van der Waals surface area contributed by atoms with E-state index in [-0.39, 0.29) is 5.91 Å². The Kier molecular flexibility index (Phi) is 4.45. The molecule has 0 saturated carbocycles. The van der Waals surface area contributed by atoms with E-state index >= 15 is 0 Å². The largest absolute Gasteiger partial charge is 0.469 e. The number of hydrogen-bond acceptors (Lipinski definition) is 3. The number of furan rings is 1. The molecule has 0 unspecified atom stereocenters. The minimum Gasteiger partial charge on any atom is -0.469 e. The lowest BCUT2D eigenvalue weighted by Crippen LogP contribution is -2.32. The van der Waals surface area contributed by atoms with Crippen LogP contribution in [0.15, 0.2) is 41.0 Å². The molecule has 1 heterocycles. The van der Waals surface area contributed by atoms with Gasteiger partial charge in [-0.3, -0.25) is 4.79 Å². The van der Waals surface area contributed by atoms with Crippen molar-refractivity contribution < 1.29 is 9.21 Å². The number of anilines is 2. The van der Waals surface area contributed by atoms with Crippen molar-refractivity contribution in [2.75, 3.05) is 17.2 Å². The first-order chi connectivity index (χ1) is 9.69. The van der Waals surface area contributed by atoms with Crippen molar-refractivity contribution in [2.45, 2.75) is 26.7 Å². The maximum Gasteiger partial charge on any atom is 0.261 e. The predicted octanol–water partition coefficient (Wildman–Crippen LogP) is 3.48. The van der Waals surface area contributed by atoms with Crippen molar-refractivity contribution in [1.29, 1.82) is 0 Å². The van der Waals surface area contributed by atoms with Gasteiger partial charge in [0.2, 0.25) is 0 Å². The van der Waals surface area contributed by atoms with E-state index < -0.39 is 0 Å². The third-order valence-corrected chi connectivity index (χ3v) is 3.22. The van der Waals surface area contributed by atoms with Gasteiger partial charge in [0, 0.05) is 13.0 Å². The Morgan fingerprint density at radius 1 is 1.25 bits per heavy atom. The summed E-state index contributed by atoms with van der Waals surface area (Å²) in [6, 6.07) is 9.15. The van der Waals surface area contributed by atoms with E-state index in [1.165, 1.54) is 0 Å². The van der Waals surface area contributed by atoms with Crippen LogP contribution in [0, 0.1) is 0 Å². The standard InChI is InChI=1S/C16H20N2O2/c1-3-10-18(14-8-6-5-7-13(14)17)16(19)12-9-11-20-15(12)4-2/h5-9,11H,3-4,10,17H2,1-2H3. The van der Waals surface area contributed by atoms with E-state index in [0.29, 0.717) is 30.0 Å². The number of benzene rings is 1. The molecule has 2 N–H and O–H groups in total. The maximum atomic E-state index is 12.7. The number of amides is 1. The minimum absolute atomic E-state index is 0.0599. The van der Waals surface area contributed by atoms with Gasteiger partial charge in [-0.25, -0.2) is 0 Å². The predicted molar refractivity (Wildman–Crippen MR) is 80.9 cm³/mol. The van der Waals surface area contributed by atoms with Crippen molar-refractivity contribution in [3.05, 3.63) is 47.9 Å². The van der Waals surface area contributed by atoms with Crippen LogP contribution in [0.5, 0.6) is 0 Å². The van der Waals surface area contributed by atoms with Crippen LogP contribution in [-0.2, 0) is 6.42 Å². The molecule has 0 spiro atoms. The molecule has 0 radical (unpaired) electrons. The molecule has 106 valence electrons. The molecule has 1 aromatic carbocycles. The smallest absolute Gasteiger partial charge is 0.261 e. The van der Waals surface area contributed by atoms with E-state index in [0.717, 1.165) is 12.1 Å². The molecule has 1 aromatic heterocycles. The molecule has 0 atom stereocenters. The van der Waals surface area contributed by atoms with Gasteiger partial charge in [-0.15, -0.1) is 0 Å². The van der Waals surface area contributed by atoms with Crippen molar-refractivity contribution in [3.63, 3.8) is 0 Å². The highest BCUT2D eigenvalue weighted by molar-refractivity contribution is 6.08. The van der Waals surface area contributed by atoms with Crippen LogP contribution in [-0.4, -0.2) is 12.5 Å². The lowest BCUT2D eigenvalue weighted by molar-refractivity contribution is 0.0985. The summed E-state index contributed by atoms with van der Waals surface area (Å²) in [5.41, 5.74) is 7.97. The van der Waals surface area contributed by atoms with Gasteiger partial charge in [-0.1, -0.05) is 26.0 Å². The molecule has 0 bridgehead atoms. The number of nitrogens with zero attached hydrogens (tertiary/aromatic N) is 1. The molecule has 2 rings (SSSR count). The molecular weight excluding hydrogens is 252 g/mol. The summed E-state index contributed by atoms with van der Waals surface area (Å²) in [5.74, 6) is 0.654. The average Bonchev–Trinajstić information content (AvgIpc) is 2.93. The highest BCUT2D eigenvalue weighted by atomic mass is 16.3. The number of nitrogen functional groups attached to an aromatic ring is 1. The van der Waals surface area contributed by atoms with E-state index in [2.05, 4.69) is 0 Å². The van der Waals surface area contributed by atoms with Gasteiger partial charge < -0.3 is 15.1 Å². The summed E-state index contributed by atoms with van der Waals surface area (Å²) >= 11 is 0. The van der Waals surface area contributed by atoms with Crippen LogP contribution in [0.2, 0.25) is 0 Å². The van der Waals surface area contributed by atoms with E-state index in [1.54, 1.807) is 23.3 Å². The van der Waals surface area contributed by atoms with Crippen LogP contribution in [0.4, 0.5) is 11.4 Å². The van der Waals surface area contributed by atoms with Crippen LogP contribution >= 0.6 is 0 Å². The second-order valence-electron chi connectivity index (χ2n) is 4.63. The topological polar surface area (TPSA) is 59.5 Å². The van der Waals surface area contributed by atoms with Gasteiger partial charge in [-0.2, -0.15) is 0 Å². The normalized spacial score (nSPS) is 10.5. The zero-order chi connectivity index (χ0) is 14.5. The van der Waals surface area contributed by atoms with E-state index in [4.69, 9.17) is 10.2 Å². The molecule has 2 aromatic rings. The minimum atomic E-state index is -0.0599. The molecule has 0 aliphatic carbocycles. The number of rotatable bonds is 5. The number of carbonyl (C=O) groups is 1. The monoisotopic (exact) mass is 272 g/mol. The van der Waals surface area contributed by atoms with Gasteiger partial charge in [0.15, 0.2) is 0 Å². The number of hydrogen-bond donors (Lipinski definition) is 1. The van der Waals surface area contributed by atoms with E-state index in [9.17, 15) is 4.79 Å². The summed E-state index contributed by atoms with van der Waals surface area (Å²) in [6.07, 6.45) is 3.11. The fraction of sp³-hybridized carbons (Fsp3) is 0.312. The molecule has 20 heavy (non-hydrogen) atoms. The summed E-state index contributed by atoms with van der Waals surface area (Å²) in [6.45, 7) is 4.63. The van der Waals surface area contributed by atoms with Gasteiger partial charge >= 0.3 is 0 Å². The van der Waals surface area contributed by atoms with Crippen LogP contribution in [0.3, 0.4) is 0 Å². The van der Waals surface area contributed by atoms with E-state index in [1.807, 2.05) is 32.0 Å². The zero-order valence-corrected chi connectivity index (χ0v) is 11.9. The maximum absolute atomic E-state index is 12.7. The first kappa shape index (κ1) is 14.2. The molecule has 1 amide bonds. The second-order valence-corrected chi connectivity index (χ2v) is 4.63. The van der Waals surface area contributed by atoms with Gasteiger partial charge in [-0.05, 0) is 24.6 Å². The molecule has 0 aliphatic heterocycles.